The van der Waals surface area contributed by atoms with Gasteiger partial charge < -0.3 is 14.6 Å². The standard InChI is InChI=1S/C11H19BrO5/c1-10(2,8(13)14)7-11(3,12)9(15)17-6-5-16-4/h5-7H2,1-4H3,(H,13,14). The number of methoxy groups -OCH3 is 1. The Bertz CT molecular complexity index is 286. The molecule has 0 aliphatic rings. The highest BCUT2D eigenvalue weighted by Gasteiger charge is 2.41. The largest absolute Gasteiger partial charge is 0.481 e. The van der Waals surface area contributed by atoms with Crippen LogP contribution in [-0.4, -0.2) is 41.7 Å². The third-order valence-electron chi connectivity index (χ3n) is 2.30. The number of carboxylic acid groups (broad SMARTS) is 1. The number of carboxylic acids is 1. The van der Waals surface area contributed by atoms with Gasteiger partial charge >= 0.3 is 11.9 Å². The molecule has 1 N–H and O–H groups in total. The minimum atomic E-state index is -1.01. The summed E-state index contributed by atoms with van der Waals surface area (Å²) in [6.07, 6.45) is 0.140. The van der Waals surface area contributed by atoms with Crippen LogP contribution in [0.25, 0.3) is 0 Å². The second kappa shape index (κ2) is 6.35. The van der Waals surface area contributed by atoms with Crippen LogP contribution in [0.5, 0.6) is 0 Å². The van der Waals surface area contributed by atoms with E-state index in [1.807, 2.05) is 0 Å². The fourth-order valence-electron chi connectivity index (χ4n) is 1.35. The highest BCUT2D eigenvalue weighted by atomic mass is 79.9. The second-order valence-corrected chi connectivity index (χ2v) is 6.44. The molecule has 17 heavy (non-hydrogen) atoms. The van der Waals surface area contributed by atoms with Gasteiger partial charge in [0.25, 0.3) is 0 Å². The molecule has 0 saturated carbocycles. The van der Waals surface area contributed by atoms with Gasteiger partial charge in [0.1, 0.15) is 10.9 Å². The van der Waals surface area contributed by atoms with E-state index in [0.29, 0.717) is 6.61 Å². The monoisotopic (exact) mass is 310 g/mol. The predicted molar refractivity (Wildman–Crippen MR) is 66.2 cm³/mol. The van der Waals surface area contributed by atoms with Crippen molar-refractivity contribution in [1.82, 2.24) is 0 Å². The number of carbonyl (C=O) groups is 2. The topological polar surface area (TPSA) is 72.8 Å². The number of carbonyl (C=O) groups excluding carboxylic acids is 1. The summed E-state index contributed by atoms with van der Waals surface area (Å²) in [6.45, 7) is 5.21. The van der Waals surface area contributed by atoms with E-state index in [9.17, 15) is 9.59 Å². The highest BCUT2D eigenvalue weighted by molar-refractivity contribution is 9.10. The Morgan fingerprint density at radius 3 is 2.18 bits per heavy atom. The third kappa shape index (κ3) is 5.50. The van der Waals surface area contributed by atoms with Crippen molar-refractivity contribution in [2.45, 2.75) is 31.5 Å². The number of hydrogen-bond donors (Lipinski definition) is 1. The maximum absolute atomic E-state index is 11.7. The van der Waals surface area contributed by atoms with Gasteiger partial charge in [0.05, 0.1) is 12.0 Å². The Balaban J connectivity index is 4.46. The van der Waals surface area contributed by atoms with E-state index >= 15 is 0 Å². The van der Waals surface area contributed by atoms with Crippen molar-refractivity contribution < 1.29 is 24.2 Å². The molecule has 0 fully saturated rings. The molecular formula is C11H19BrO5. The van der Waals surface area contributed by atoms with E-state index in [1.165, 1.54) is 7.11 Å². The van der Waals surface area contributed by atoms with Crippen LogP contribution in [0.3, 0.4) is 0 Å². The first-order chi connectivity index (χ1) is 7.63. The number of halogens is 1. The van der Waals surface area contributed by atoms with E-state index < -0.39 is 21.7 Å². The van der Waals surface area contributed by atoms with Gasteiger partial charge in [-0.3, -0.25) is 9.59 Å². The van der Waals surface area contributed by atoms with Gasteiger partial charge in [-0.2, -0.15) is 0 Å². The molecule has 0 aromatic rings. The Morgan fingerprint density at radius 1 is 1.24 bits per heavy atom. The van der Waals surface area contributed by atoms with Crippen LogP contribution in [0.2, 0.25) is 0 Å². The van der Waals surface area contributed by atoms with Crippen molar-refractivity contribution in [2.24, 2.45) is 5.41 Å². The molecule has 1 unspecified atom stereocenters. The van der Waals surface area contributed by atoms with Crippen molar-refractivity contribution in [1.29, 1.82) is 0 Å². The van der Waals surface area contributed by atoms with E-state index in [1.54, 1.807) is 20.8 Å². The molecule has 1 atom stereocenters. The first-order valence-corrected chi connectivity index (χ1v) is 6.01. The van der Waals surface area contributed by atoms with Crippen molar-refractivity contribution in [3.8, 4) is 0 Å². The highest BCUT2D eigenvalue weighted by Crippen LogP contribution is 2.35. The van der Waals surface area contributed by atoms with Gasteiger partial charge in [0.15, 0.2) is 0 Å². The van der Waals surface area contributed by atoms with Crippen molar-refractivity contribution >= 4 is 27.9 Å². The number of rotatable bonds is 7. The average Bonchev–Trinajstić information content (AvgIpc) is 2.16. The van der Waals surface area contributed by atoms with E-state index in [2.05, 4.69) is 15.9 Å². The first-order valence-electron chi connectivity index (χ1n) is 5.22. The Hall–Kier alpha value is -0.620. The molecule has 0 aliphatic heterocycles. The minimum absolute atomic E-state index is 0.140. The van der Waals surface area contributed by atoms with Gasteiger partial charge in [-0.25, -0.2) is 0 Å². The molecule has 0 radical (unpaired) electrons. The number of alkyl halides is 1. The molecule has 5 nitrogen and oxygen atoms in total. The SMILES string of the molecule is COCCOC(=O)C(C)(Br)CC(C)(C)C(=O)O. The van der Waals surface area contributed by atoms with Crippen LogP contribution >= 0.6 is 15.9 Å². The van der Waals surface area contributed by atoms with Crippen LogP contribution in [0.1, 0.15) is 27.2 Å². The van der Waals surface area contributed by atoms with Gasteiger partial charge in [-0.15, -0.1) is 0 Å². The molecule has 0 heterocycles. The normalized spacial score (nSPS) is 15.1. The van der Waals surface area contributed by atoms with Crippen LogP contribution in [0.4, 0.5) is 0 Å². The Labute approximate surface area is 110 Å². The summed E-state index contributed by atoms with van der Waals surface area (Å²) in [4.78, 5) is 22.7. The molecule has 0 bridgehead atoms. The maximum atomic E-state index is 11.7. The molecule has 0 amide bonds. The fraction of sp³-hybridized carbons (Fsp3) is 0.818. The first kappa shape index (κ1) is 16.4. The maximum Gasteiger partial charge on any atom is 0.322 e. The van der Waals surface area contributed by atoms with Gasteiger partial charge in [0, 0.05) is 7.11 Å². The minimum Gasteiger partial charge on any atom is -0.481 e. The van der Waals surface area contributed by atoms with Crippen molar-refractivity contribution in [2.75, 3.05) is 20.3 Å². The molecular weight excluding hydrogens is 292 g/mol. The van der Waals surface area contributed by atoms with Crippen LogP contribution < -0.4 is 0 Å². The smallest absolute Gasteiger partial charge is 0.322 e. The number of ether oxygens (including phenoxy) is 2. The zero-order valence-corrected chi connectivity index (χ0v) is 12.2. The summed E-state index contributed by atoms with van der Waals surface area (Å²) in [5.74, 6) is -1.43. The molecule has 0 rings (SSSR count). The molecule has 0 aromatic carbocycles. The average molecular weight is 311 g/mol. The zero-order valence-electron chi connectivity index (χ0n) is 10.6. The molecule has 0 aromatic heterocycles. The lowest BCUT2D eigenvalue weighted by Crippen LogP contribution is -2.39. The predicted octanol–water partition coefficient (Wildman–Crippen LogP) is 1.83. The summed E-state index contributed by atoms with van der Waals surface area (Å²) in [7, 11) is 1.51. The number of hydrogen-bond acceptors (Lipinski definition) is 4. The number of aliphatic carboxylic acids is 1. The zero-order chi connectivity index (χ0) is 13.7. The lowest BCUT2D eigenvalue weighted by atomic mass is 9.83. The van der Waals surface area contributed by atoms with Crippen LogP contribution in [0, 0.1) is 5.41 Å². The van der Waals surface area contributed by atoms with Crippen molar-refractivity contribution in [3.05, 3.63) is 0 Å². The quantitative estimate of drug-likeness (QED) is 0.441. The Morgan fingerprint density at radius 2 is 1.76 bits per heavy atom. The van der Waals surface area contributed by atoms with Gasteiger partial charge in [-0.05, 0) is 27.2 Å². The number of esters is 1. The second-order valence-electron chi connectivity index (χ2n) is 4.69. The van der Waals surface area contributed by atoms with E-state index in [4.69, 9.17) is 14.6 Å². The summed E-state index contributed by atoms with van der Waals surface area (Å²) in [6, 6.07) is 0. The summed E-state index contributed by atoms with van der Waals surface area (Å²) < 4.78 is 8.72. The lowest BCUT2D eigenvalue weighted by molar-refractivity contribution is -0.151. The molecule has 6 heteroatoms. The van der Waals surface area contributed by atoms with E-state index in [-0.39, 0.29) is 13.0 Å². The van der Waals surface area contributed by atoms with Gasteiger partial charge in [0.2, 0.25) is 0 Å². The van der Waals surface area contributed by atoms with Crippen molar-refractivity contribution in [3.63, 3.8) is 0 Å². The molecule has 100 valence electrons. The summed E-state index contributed by atoms with van der Waals surface area (Å²) in [5, 5.41) is 9.01. The molecule has 0 aliphatic carbocycles. The van der Waals surface area contributed by atoms with E-state index in [0.717, 1.165) is 0 Å². The summed E-state index contributed by atoms with van der Waals surface area (Å²) >= 11 is 3.22. The fourth-order valence-corrected chi connectivity index (χ4v) is 2.16. The van der Waals surface area contributed by atoms with Gasteiger partial charge in [-0.1, -0.05) is 15.9 Å². The van der Waals surface area contributed by atoms with Crippen LogP contribution in [-0.2, 0) is 19.1 Å². The summed E-state index contributed by atoms with van der Waals surface area (Å²) in [5.41, 5.74) is -1.00. The third-order valence-corrected chi connectivity index (χ3v) is 2.90. The molecule has 0 spiro atoms. The van der Waals surface area contributed by atoms with Crippen LogP contribution in [0.15, 0.2) is 0 Å². The Kier molecular flexibility index (Phi) is 6.12. The molecule has 0 saturated heterocycles. The lowest BCUT2D eigenvalue weighted by Gasteiger charge is -2.28.